The van der Waals surface area contributed by atoms with Crippen molar-refractivity contribution in [1.82, 2.24) is 0 Å². The van der Waals surface area contributed by atoms with E-state index in [1.165, 1.54) is 0 Å². The van der Waals surface area contributed by atoms with E-state index in [0.29, 0.717) is 34.7 Å². The van der Waals surface area contributed by atoms with Gasteiger partial charge in [0.05, 0.1) is 18.7 Å². The standard InChI is InChI=1S/C18H21Cl2NO2/c1-4-7-23-18-15(20)8-13(9-17(18)22-3)11-21-16-10-14(19)6-5-12(16)2/h5-6,8-10,21H,4,7,11H2,1-3H3. The van der Waals surface area contributed by atoms with Gasteiger partial charge in [0.25, 0.3) is 0 Å². The largest absolute Gasteiger partial charge is 0.493 e. The summed E-state index contributed by atoms with van der Waals surface area (Å²) in [5.41, 5.74) is 3.14. The minimum Gasteiger partial charge on any atom is -0.493 e. The second-order valence-electron chi connectivity index (χ2n) is 5.27. The Morgan fingerprint density at radius 3 is 2.61 bits per heavy atom. The monoisotopic (exact) mass is 353 g/mol. The number of aryl methyl sites for hydroxylation is 1. The van der Waals surface area contributed by atoms with Crippen molar-refractivity contribution in [1.29, 1.82) is 0 Å². The first-order chi connectivity index (χ1) is 11.0. The predicted octanol–water partition coefficient (Wildman–Crippen LogP) is 5.71. The lowest BCUT2D eigenvalue weighted by Gasteiger charge is -2.15. The van der Waals surface area contributed by atoms with Gasteiger partial charge in [0.15, 0.2) is 11.5 Å². The zero-order valence-corrected chi connectivity index (χ0v) is 15.1. The van der Waals surface area contributed by atoms with Crippen LogP contribution in [0.2, 0.25) is 10.0 Å². The molecule has 0 heterocycles. The molecule has 1 N–H and O–H groups in total. The average molecular weight is 354 g/mol. The van der Waals surface area contributed by atoms with Crippen LogP contribution in [0.5, 0.6) is 11.5 Å². The SMILES string of the molecule is CCCOc1c(Cl)cc(CNc2cc(Cl)ccc2C)cc1OC. The minimum absolute atomic E-state index is 0.553. The van der Waals surface area contributed by atoms with E-state index in [0.717, 1.165) is 23.2 Å². The summed E-state index contributed by atoms with van der Waals surface area (Å²) in [5.74, 6) is 1.24. The highest BCUT2D eigenvalue weighted by Gasteiger charge is 2.12. The number of hydrogen-bond acceptors (Lipinski definition) is 3. The highest BCUT2D eigenvalue weighted by Crippen LogP contribution is 2.36. The molecule has 0 fully saturated rings. The van der Waals surface area contributed by atoms with Crippen LogP contribution in [0.1, 0.15) is 24.5 Å². The van der Waals surface area contributed by atoms with E-state index in [1.807, 2.05) is 44.2 Å². The fourth-order valence-electron chi connectivity index (χ4n) is 2.20. The summed E-state index contributed by atoms with van der Waals surface area (Å²) in [6, 6.07) is 9.60. The van der Waals surface area contributed by atoms with Gasteiger partial charge < -0.3 is 14.8 Å². The molecule has 0 saturated carbocycles. The summed E-state index contributed by atoms with van der Waals surface area (Å²) in [6.45, 7) is 5.31. The van der Waals surface area contributed by atoms with Gasteiger partial charge in [-0.25, -0.2) is 0 Å². The lowest BCUT2D eigenvalue weighted by molar-refractivity contribution is 0.294. The maximum Gasteiger partial charge on any atom is 0.179 e. The molecule has 0 amide bonds. The molecule has 2 aromatic rings. The topological polar surface area (TPSA) is 30.5 Å². The van der Waals surface area contributed by atoms with Crippen LogP contribution >= 0.6 is 23.2 Å². The maximum atomic E-state index is 6.33. The van der Waals surface area contributed by atoms with E-state index in [4.69, 9.17) is 32.7 Å². The molecule has 23 heavy (non-hydrogen) atoms. The molecule has 0 bridgehead atoms. The van der Waals surface area contributed by atoms with Crippen molar-refractivity contribution in [3.63, 3.8) is 0 Å². The van der Waals surface area contributed by atoms with Gasteiger partial charge >= 0.3 is 0 Å². The summed E-state index contributed by atoms with van der Waals surface area (Å²) < 4.78 is 11.1. The van der Waals surface area contributed by atoms with Crippen LogP contribution in [0.4, 0.5) is 5.69 Å². The van der Waals surface area contributed by atoms with Gasteiger partial charge in [0.1, 0.15) is 0 Å². The van der Waals surface area contributed by atoms with Gasteiger partial charge in [0.2, 0.25) is 0 Å². The minimum atomic E-state index is 0.553. The number of nitrogens with one attached hydrogen (secondary N) is 1. The first kappa shape index (κ1) is 17.8. The second-order valence-corrected chi connectivity index (χ2v) is 6.11. The third kappa shape index (κ3) is 4.69. The molecule has 0 aliphatic rings. The van der Waals surface area contributed by atoms with Crippen molar-refractivity contribution in [3.8, 4) is 11.5 Å². The molecule has 0 aliphatic carbocycles. The smallest absolute Gasteiger partial charge is 0.179 e. The van der Waals surface area contributed by atoms with Gasteiger partial charge in [-0.05, 0) is 48.7 Å². The Morgan fingerprint density at radius 1 is 1.13 bits per heavy atom. The zero-order valence-electron chi connectivity index (χ0n) is 13.6. The summed E-state index contributed by atoms with van der Waals surface area (Å²) in [4.78, 5) is 0. The van der Waals surface area contributed by atoms with E-state index in [-0.39, 0.29) is 0 Å². The summed E-state index contributed by atoms with van der Waals surface area (Å²) in [6.07, 6.45) is 0.914. The Hall–Kier alpha value is -1.58. The molecule has 3 nitrogen and oxygen atoms in total. The van der Waals surface area contributed by atoms with Crippen molar-refractivity contribution in [2.75, 3.05) is 19.0 Å². The van der Waals surface area contributed by atoms with Crippen molar-refractivity contribution >= 4 is 28.9 Å². The number of rotatable bonds is 7. The fraction of sp³-hybridized carbons (Fsp3) is 0.333. The van der Waals surface area contributed by atoms with Crippen LogP contribution in [-0.4, -0.2) is 13.7 Å². The van der Waals surface area contributed by atoms with Crippen molar-refractivity contribution in [3.05, 3.63) is 51.5 Å². The summed E-state index contributed by atoms with van der Waals surface area (Å²) in [7, 11) is 1.61. The van der Waals surface area contributed by atoms with Crippen LogP contribution in [0.3, 0.4) is 0 Å². The van der Waals surface area contributed by atoms with Gasteiger partial charge in [-0.15, -0.1) is 0 Å². The third-order valence-electron chi connectivity index (χ3n) is 3.42. The van der Waals surface area contributed by atoms with E-state index in [9.17, 15) is 0 Å². The van der Waals surface area contributed by atoms with Crippen LogP contribution in [-0.2, 0) is 6.54 Å². The molecule has 0 unspecified atom stereocenters. The quantitative estimate of drug-likeness (QED) is 0.691. The lowest BCUT2D eigenvalue weighted by atomic mass is 10.1. The number of hydrogen-bond donors (Lipinski definition) is 1. The predicted molar refractivity (Wildman–Crippen MR) is 97.3 cm³/mol. The molecule has 2 aromatic carbocycles. The van der Waals surface area contributed by atoms with Crippen molar-refractivity contribution in [2.24, 2.45) is 0 Å². The van der Waals surface area contributed by atoms with Gasteiger partial charge in [0, 0.05) is 17.3 Å². The highest BCUT2D eigenvalue weighted by atomic mass is 35.5. The number of ether oxygens (including phenoxy) is 2. The third-order valence-corrected chi connectivity index (χ3v) is 3.94. The van der Waals surface area contributed by atoms with Crippen LogP contribution in [0.25, 0.3) is 0 Å². The number of anilines is 1. The van der Waals surface area contributed by atoms with Crippen molar-refractivity contribution in [2.45, 2.75) is 26.8 Å². The van der Waals surface area contributed by atoms with E-state index >= 15 is 0 Å². The van der Waals surface area contributed by atoms with Crippen LogP contribution in [0.15, 0.2) is 30.3 Å². The lowest BCUT2D eigenvalue weighted by Crippen LogP contribution is -2.03. The fourth-order valence-corrected chi connectivity index (χ4v) is 2.66. The Labute approximate surface area is 147 Å². The Bertz CT molecular complexity index is 674. The molecule has 124 valence electrons. The maximum absolute atomic E-state index is 6.33. The Kier molecular flexibility index (Phi) is 6.43. The van der Waals surface area contributed by atoms with Gasteiger partial charge in [-0.2, -0.15) is 0 Å². The van der Waals surface area contributed by atoms with E-state index in [1.54, 1.807) is 7.11 Å². The molecule has 0 radical (unpaired) electrons. The van der Waals surface area contributed by atoms with Crippen molar-refractivity contribution < 1.29 is 9.47 Å². The molecule has 0 saturated heterocycles. The van der Waals surface area contributed by atoms with E-state index < -0.39 is 0 Å². The Balaban J connectivity index is 2.17. The zero-order chi connectivity index (χ0) is 16.8. The normalized spacial score (nSPS) is 10.5. The van der Waals surface area contributed by atoms with Gasteiger partial charge in [-0.3, -0.25) is 0 Å². The molecule has 5 heteroatoms. The molecular weight excluding hydrogens is 333 g/mol. The average Bonchev–Trinajstić information content (AvgIpc) is 2.54. The van der Waals surface area contributed by atoms with Gasteiger partial charge in [-0.1, -0.05) is 36.2 Å². The first-order valence-electron chi connectivity index (χ1n) is 7.54. The van der Waals surface area contributed by atoms with E-state index in [2.05, 4.69) is 5.32 Å². The van der Waals surface area contributed by atoms with Crippen LogP contribution in [0, 0.1) is 6.92 Å². The molecule has 0 atom stereocenters. The molecule has 0 aromatic heterocycles. The number of halogens is 2. The molecular formula is C18H21Cl2NO2. The van der Waals surface area contributed by atoms with Crippen LogP contribution < -0.4 is 14.8 Å². The first-order valence-corrected chi connectivity index (χ1v) is 8.30. The molecule has 2 rings (SSSR count). The molecule has 0 aliphatic heterocycles. The summed E-state index contributed by atoms with van der Waals surface area (Å²) in [5, 5.41) is 4.63. The summed E-state index contributed by atoms with van der Waals surface area (Å²) >= 11 is 12.4. The Morgan fingerprint density at radius 2 is 1.91 bits per heavy atom. The highest BCUT2D eigenvalue weighted by molar-refractivity contribution is 6.32. The molecule has 0 spiro atoms. The second kappa shape index (κ2) is 8.32. The number of benzene rings is 2. The number of methoxy groups -OCH3 is 1.